The zero-order chi connectivity index (χ0) is 15.9. The monoisotopic (exact) mass is 360 g/mol. The minimum absolute atomic E-state index is 0.150. The van der Waals surface area contributed by atoms with Gasteiger partial charge in [-0.2, -0.15) is 5.10 Å². The summed E-state index contributed by atoms with van der Waals surface area (Å²) in [4.78, 5) is 3.62. The molecule has 0 saturated carbocycles. The lowest BCUT2D eigenvalue weighted by atomic mass is 10.3. The Morgan fingerprint density at radius 2 is 1.91 bits per heavy atom. The van der Waals surface area contributed by atoms with Crippen LogP contribution in [0, 0.1) is 5.82 Å². The molecule has 0 radical (unpaired) electrons. The van der Waals surface area contributed by atoms with Gasteiger partial charge >= 0.3 is 0 Å². The fourth-order valence-corrected chi connectivity index (χ4v) is 4.12. The van der Waals surface area contributed by atoms with E-state index in [1.54, 1.807) is 12.3 Å². The first kappa shape index (κ1) is 15.0. The van der Waals surface area contributed by atoms with Gasteiger partial charge in [-0.25, -0.2) is 22.3 Å². The van der Waals surface area contributed by atoms with Crippen LogP contribution in [0.4, 0.5) is 10.1 Å². The maximum absolute atomic E-state index is 13.2. The molecular weight excluding hydrogens is 354 g/mol. The van der Waals surface area contributed by atoms with Gasteiger partial charge in [0, 0.05) is 12.4 Å². The van der Waals surface area contributed by atoms with Crippen molar-refractivity contribution >= 4 is 44.6 Å². The summed E-state index contributed by atoms with van der Waals surface area (Å²) >= 11 is 11.6. The first-order valence-electron chi connectivity index (χ1n) is 5.84. The topological polar surface area (TPSA) is 76.4 Å². The summed E-state index contributed by atoms with van der Waals surface area (Å²) in [6, 6.07) is 3.39. The maximum Gasteiger partial charge on any atom is 0.265 e. The molecule has 1 N–H and O–H groups in total. The van der Waals surface area contributed by atoms with Gasteiger partial charge in [0.1, 0.15) is 16.4 Å². The van der Waals surface area contributed by atoms with Crippen molar-refractivity contribution in [1.82, 2.24) is 14.6 Å². The highest BCUT2D eigenvalue weighted by Gasteiger charge is 2.24. The average Bonchev–Trinajstić information content (AvgIpc) is 2.80. The standard InChI is InChI=1S/C12H7Cl2FN4O2S/c13-8-4-7(15)5-9(14)11(8)22(20,21)18-10-6-17-19-3-1-2-16-12(10)19/h1-6,18H. The van der Waals surface area contributed by atoms with Gasteiger partial charge in [-0.05, 0) is 18.2 Å². The van der Waals surface area contributed by atoms with Gasteiger partial charge in [-0.15, -0.1) is 0 Å². The molecule has 2 aromatic heterocycles. The fourth-order valence-electron chi connectivity index (χ4n) is 1.88. The van der Waals surface area contributed by atoms with Gasteiger partial charge in [0.25, 0.3) is 10.0 Å². The zero-order valence-corrected chi connectivity index (χ0v) is 13.0. The van der Waals surface area contributed by atoms with E-state index in [-0.39, 0.29) is 15.7 Å². The lowest BCUT2D eigenvalue weighted by Crippen LogP contribution is -2.14. The molecule has 0 atom stereocenters. The van der Waals surface area contributed by atoms with Crippen molar-refractivity contribution in [3.05, 3.63) is 52.7 Å². The van der Waals surface area contributed by atoms with Crippen molar-refractivity contribution in [2.75, 3.05) is 4.72 Å². The SMILES string of the molecule is O=S(=O)(Nc1cnn2cccnc12)c1c(Cl)cc(F)cc1Cl. The van der Waals surface area contributed by atoms with E-state index in [2.05, 4.69) is 14.8 Å². The molecule has 0 aliphatic rings. The van der Waals surface area contributed by atoms with Gasteiger partial charge in [0.2, 0.25) is 0 Å². The molecule has 2 heterocycles. The van der Waals surface area contributed by atoms with E-state index in [1.165, 1.54) is 16.9 Å². The highest BCUT2D eigenvalue weighted by atomic mass is 35.5. The van der Waals surface area contributed by atoms with Crippen LogP contribution in [0.25, 0.3) is 5.65 Å². The van der Waals surface area contributed by atoms with Crippen LogP contribution in [0.3, 0.4) is 0 Å². The largest absolute Gasteiger partial charge is 0.274 e. The van der Waals surface area contributed by atoms with Crippen LogP contribution in [0.5, 0.6) is 0 Å². The van der Waals surface area contributed by atoms with Crippen LogP contribution in [0.2, 0.25) is 10.0 Å². The fraction of sp³-hybridized carbons (Fsp3) is 0. The number of aromatic nitrogens is 3. The molecule has 10 heteroatoms. The van der Waals surface area contributed by atoms with E-state index >= 15 is 0 Å². The minimum atomic E-state index is -4.13. The number of nitrogens with one attached hydrogen (secondary N) is 1. The second-order valence-corrected chi connectivity index (χ2v) is 6.68. The Balaban J connectivity index is 2.08. The summed E-state index contributed by atoms with van der Waals surface area (Å²) in [7, 11) is -4.13. The molecule has 0 amide bonds. The zero-order valence-electron chi connectivity index (χ0n) is 10.7. The van der Waals surface area contributed by atoms with E-state index < -0.39 is 20.7 Å². The molecule has 22 heavy (non-hydrogen) atoms. The number of benzene rings is 1. The Bertz CT molecular complexity index is 951. The van der Waals surface area contributed by atoms with E-state index in [0.717, 1.165) is 12.1 Å². The van der Waals surface area contributed by atoms with Crippen LogP contribution in [0.1, 0.15) is 0 Å². The lowest BCUT2D eigenvalue weighted by molar-refractivity contribution is 0.600. The van der Waals surface area contributed by atoms with E-state index in [0.29, 0.717) is 5.65 Å². The van der Waals surface area contributed by atoms with E-state index in [1.807, 2.05) is 0 Å². The number of sulfonamides is 1. The Morgan fingerprint density at radius 3 is 2.59 bits per heavy atom. The first-order valence-corrected chi connectivity index (χ1v) is 8.08. The van der Waals surface area contributed by atoms with Gasteiger partial charge in [-0.1, -0.05) is 23.2 Å². The highest BCUT2D eigenvalue weighted by Crippen LogP contribution is 2.32. The Hall–Kier alpha value is -1.90. The van der Waals surface area contributed by atoms with Crippen LogP contribution >= 0.6 is 23.2 Å². The molecule has 3 rings (SSSR count). The Labute approximate surface area is 134 Å². The van der Waals surface area contributed by atoms with Crippen molar-refractivity contribution in [2.24, 2.45) is 0 Å². The number of hydrogen-bond donors (Lipinski definition) is 1. The molecular formula is C12H7Cl2FN4O2S. The summed E-state index contributed by atoms with van der Waals surface area (Å²) in [6.07, 6.45) is 4.40. The second kappa shape index (κ2) is 5.38. The lowest BCUT2D eigenvalue weighted by Gasteiger charge is -2.10. The summed E-state index contributed by atoms with van der Waals surface area (Å²) in [5.74, 6) is -0.730. The van der Waals surface area contributed by atoms with Gasteiger partial charge in [0.15, 0.2) is 5.65 Å². The van der Waals surface area contributed by atoms with Gasteiger partial charge in [-0.3, -0.25) is 4.72 Å². The third-order valence-corrected chi connectivity index (χ3v) is 5.04. The quantitative estimate of drug-likeness (QED) is 0.778. The molecule has 0 aliphatic carbocycles. The van der Waals surface area contributed by atoms with Gasteiger partial charge in [0.05, 0.1) is 16.2 Å². The van der Waals surface area contributed by atoms with Crippen LogP contribution in [0.15, 0.2) is 41.7 Å². The smallest absolute Gasteiger partial charge is 0.265 e. The molecule has 0 saturated heterocycles. The van der Waals surface area contributed by atoms with Crippen LogP contribution < -0.4 is 4.72 Å². The number of hydrogen-bond acceptors (Lipinski definition) is 4. The molecule has 0 unspecified atom stereocenters. The summed E-state index contributed by atoms with van der Waals surface area (Å²) < 4.78 is 41.7. The molecule has 6 nitrogen and oxygen atoms in total. The highest BCUT2D eigenvalue weighted by molar-refractivity contribution is 7.93. The van der Waals surface area contributed by atoms with Crippen LogP contribution in [-0.4, -0.2) is 23.0 Å². The molecule has 0 spiro atoms. The van der Waals surface area contributed by atoms with E-state index in [4.69, 9.17) is 23.2 Å². The second-order valence-electron chi connectivity index (χ2n) is 4.25. The molecule has 1 aromatic carbocycles. The first-order chi connectivity index (χ1) is 10.4. The van der Waals surface area contributed by atoms with Crippen molar-refractivity contribution in [2.45, 2.75) is 4.90 Å². The van der Waals surface area contributed by atoms with Crippen molar-refractivity contribution < 1.29 is 12.8 Å². The number of anilines is 1. The number of fused-ring (bicyclic) bond motifs is 1. The molecule has 0 fully saturated rings. The number of rotatable bonds is 3. The molecule has 114 valence electrons. The summed E-state index contributed by atoms with van der Waals surface area (Å²) in [6.45, 7) is 0. The Morgan fingerprint density at radius 1 is 1.23 bits per heavy atom. The average molecular weight is 361 g/mol. The van der Waals surface area contributed by atoms with Crippen molar-refractivity contribution in [3.63, 3.8) is 0 Å². The summed E-state index contributed by atoms with van der Waals surface area (Å²) in [5, 5.41) is 3.32. The van der Waals surface area contributed by atoms with Gasteiger partial charge < -0.3 is 0 Å². The predicted molar refractivity (Wildman–Crippen MR) is 80.2 cm³/mol. The molecule has 0 bridgehead atoms. The number of halogens is 3. The Kier molecular flexibility index (Phi) is 3.67. The third-order valence-electron chi connectivity index (χ3n) is 2.76. The predicted octanol–water partition coefficient (Wildman–Crippen LogP) is 2.98. The third kappa shape index (κ3) is 2.60. The van der Waals surface area contributed by atoms with Crippen LogP contribution in [-0.2, 0) is 10.0 Å². The van der Waals surface area contributed by atoms with E-state index in [9.17, 15) is 12.8 Å². The summed E-state index contributed by atoms with van der Waals surface area (Å²) in [5.41, 5.74) is 0.456. The molecule has 3 aromatic rings. The maximum atomic E-state index is 13.2. The normalized spacial score (nSPS) is 11.8. The van der Waals surface area contributed by atoms with Crippen molar-refractivity contribution in [3.8, 4) is 0 Å². The molecule has 0 aliphatic heterocycles. The van der Waals surface area contributed by atoms with Crippen molar-refractivity contribution in [1.29, 1.82) is 0 Å². The number of nitrogens with zero attached hydrogens (tertiary/aromatic N) is 3. The minimum Gasteiger partial charge on any atom is -0.274 e.